The molecular formula is C19H17N5O2. The van der Waals surface area contributed by atoms with Crippen molar-refractivity contribution in [2.24, 2.45) is 5.10 Å². The summed E-state index contributed by atoms with van der Waals surface area (Å²) >= 11 is 0. The van der Waals surface area contributed by atoms with Gasteiger partial charge in [-0.1, -0.05) is 41.6 Å². The number of allylic oxidation sites excluding steroid dienone is 1. The highest BCUT2D eigenvalue weighted by Crippen LogP contribution is 2.10. The van der Waals surface area contributed by atoms with Gasteiger partial charge in [0.25, 0.3) is 5.91 Å². The van der Waals surface area contributed by atoms with Crippen LogP contribution < -0.4 is 5.43 Å². The van der Waals surface area contributed by atoms with E-state index in [1.165, 1.54) is 18.3 Å². The van der Waals surface area contributed by atoms with Crippen molar-refractivity contribution in [3.8, 4) is 5.75 Å². The third kappa shape index (κ3) is 4.88. The molecule has 0 spiro atoms. The fourth-order valence-electron chi connectivity index (χ4n) is 2.23. The molecule has 2 N–H and O–H groups in total. The Morgan fingerprint density at radius 1 is 1.19 bits per heavy atom. The highest BCUT2D eigenvalue weighted by molar-refractivity contribution is 5.95. The molecule has 0 unspecified atom stereocenters. The van der Waals surface area contributed by atoms with Crippen molar-refractivity contribution >= 4 is 18.2 Å². The molecule has 1 aromatic heterocycles. The first-order chi connectivity index (χ1) is 12.7. The number of carbonyl (C=O) groups excluding carboxylic acids is 1. The van der Waals surface area contributed by atoms with Gasteiger partial charge < -0.3 is 5.11 Å². The number of carbonyl (C=O) groups is 1. The molecular weight excluding hydrogens is 330 g/mol. The third-order valence-electron chi connectivity index (χ3n) is 3.45. The number of rotatable bonds is 6. The molecule has 1 heterocycles. The number of aromatic nitrogens is 3. The zero-order valence-corrected chi connectivity index (χ0v) is 13.9. The Bertz CT molecular complexity index is 932. The van der Waals surface area contributed by atoms with Crippen LogP contribution in [0.1, 0.15) is 21.6 Å². The highest BCUT2D eigenvalue weighted by atomic mass is 16.3. The van der Waals surface area contributed by atoms with E-state index in [2.05, 4.69) is 20.8 Å². The predicted molar refractivity (Wildman–Crippen MR) is 98.7 cm³/mol. The fraction of sp³-hybridized carbons (Fsp3) is 0.0526. The topological polar surface area (TPSA) is 92.4 Å². The van der Waals surface area contributed by atoms with Crippen LogP contribution in [0, 0.1) is 0 Å². The van der Waals surface area contributed by atoms with Gasteiger partial charge in [0, 0.05) is 11.8 Å². The smallest absolute Gasteiger partial charge is 0.271 e. The Morgan fingerprint density at radius 2 is 2.04 bits per heavy atom. The minimum atomic E-state index is -0.403. The summed E-state index contributed by atoms with van der Waals surface area (Å²) in [6.45, 7) is 0.649. The largest absolute Gasteiger partial charge is 0.508 e. The average molecular weight is 347 g/mol. The lowest BCUT2D eigenvalue weighted by atomic mass is 10.2. The molecule has 0 saturated carbocycles. The Hall–Kier alpha value is -3.74. The number of hydrogen-bond donors (Lipinski definition) is 2. The van der Waals surface area contributed by atoms with E-state index in [1.54, 1.807) is 29.0 Å². The quantitative estimate of drug-likeness (QED) is 0.529. The lowest BCUT2D eigenvalue weighted by Gasteiger charge is -1.99. The molecule has 7 heteroatoms. The van der Waals surface area contributed by atoms with Crippen LogP contribution in [0.3, 0.4) is 0 Å². The van der Waals surface area contributed by atoms with Crippen molar-refractivity contribution in [3.05, 3.63) is 83.7 Å². The Morgan fingerprint density at radius 3 is 2.85 bits per heavy atom. The minimum Gasteiger partial charge on any atom is -0.508 e. The van der Waals surface area contributed by atoms with Gasteiger partial charge in [0.05, 0.1) is 12.7 Å². The van der Waals surface area contributed by atoms with E-state index in [4.69, 9.17) is 0 Å². The van der Waals surface area contributed by atoms with E-state index < -0.39 is 5.91 Å². The number of phenolic OH excluding ortho intramolecular Hbond substituents is 1. The summed E-state index contributed by atoms with van der Waals surface area (Å²) in [5, 5.41) is 21.3. The summed E-state index contributed by atoms with van der Waals surface area (Å²) < 4.78 is 1.75. The molecule has 130 valence electrons. The van der Waals surface area contributed by atoms with Crippen LogP contribution in [0.5, 0.6) is 5.75 Å². The molecule has 0 atom stereocenters. The molecule has 7 nitrogen and oxygen atoms in total. The molecule has 1 amide bonds. The maximum absolute atomic E-state index is 11.8. The lowest BCUT2D eigenvalue weighted by Crippen LogP contribution is -2.17. The van der Waals surface area contributed by atoms with E-state index in [-0.39, 0.29) is 5.75 Å². The molecule has 0 aliphatic carbocycles. The molecule has 0 saturated heterocycles. The van der Waals surface area contributed by atoms with E-state index in [0.717, 1.165) is 5.56 Å². The van der Waals surface area contributed by atoms with Crippen LogP contribution in [0.2, 0.25) is 0 Å². The first-order valence-corrected chi connectivity index (χ1v) is 7.94. The molecule has 0 aliphatic rings. The lowest BCUT2D eigenvalue weighted by molar-refractivity contribution is 0.0954. The zero-order valence-electron chi connectivity index (χ0n) is 13.9. The first-order valence-electron chi connectivity index (χ1n) is 7.94. The van der Waals surface area contributed by atoms with E-state index >= 15 is 0 Å². The van der Waals surface area contributed by atoms with Crippen LogP contribution in [-0.2, 0) is 6.54 Å². The van der Waals surface area contributed by atoms with Crippen molar-refractivity contribution < 1.29 is 9.90 Å². The van der Waals surface area contributed by atoms with Gasteiger partial charge in [-0.25, -0.2) is 10.1 Å². The van der Waals surface area contributed by atoms with Crippen molar-refractivity contribution in [2.45, 2.75) is 6.54 Å². The second-order valence-corrected chi connectivity index (χ2v) is 5.46. The Balaban J connectivity index is 1.51. The number of phenols is 1. The molecule has 0 fully saturated rings. The second-order valence-electron chi connectivity index (χ2n) is 5.46. The number of benzene rings is 2. The second kappa shape index (κ2) is 8.39. The van der Waals surface area contributed by atoms with E-state index in [9.17, 15) is 9.90 Å². The number of hydrazone groups is 1. The summed E-state index contributed by atoms with van der Waals surface area (Å²) in [5.41, 5.74) is 4.54. The van der Waals surface area contributed by atoms with Crippen LogP contribution >= 0.6 is 0 Å². The number of aromatic hydroxyl groups is 1. The normalized spacial score (nSPS) is 11.2. The average Bonchev–Trinajstić information content (AvgIpc) is 3.09. The summed E-state index contributed by atoms with van der Waals surface area (Å²) in [4.78, 5) is 11.8. The SMILES string of the molecule is O=C(N/N=C\C=C\c1cn(Cc2ccccc2)nn1)c1cccc(O)c1. The van der Waals surface area contributed by atoms with E-state index in [1.807, 2.05) is 36.5 Å². The van der Waals surface area contributed by atoms with Gasteiger partial charge in [-0.15, -0.1) is 5.10 Å². The third-order valence-corrected chi connectivity index (χ3v) is 3.45. The Kier molecular flexibility index (Phi) is 5.51. The number of nitrogens with one attached hydrogen (secondary N) is 1. The molecule has 3 rings (SSSR count). The van der Waals surface area contributed by atoms with Gasteiger partial charge in [-0.2, -0.15) is 5.10 Å². The van der Waals surface area contributed by atoms with Crippen molar-refractivity contribution in [1.82, 2.24) is 20.4 Å². The summed E-state index contributed by atoms with van der Waals surface area (Å²) in [5.74, 6) is -0.375. The molecule has 3 aromatic rings. The molecule has 0 bridgehead atoms. The van der Waals surface area contributed by atoms with Gasteiger partial charge in [0.15, 0.2) is 0 Å². The Labute approximate surface area is 150 Å². The maximum Gasteiger partial charge on any atom is 0.271 e. The van der Waals surface area contributed by atoms with Gasteiger partial charge in [-0.3, -0.25) is 4.79 Å². The van der Waals surface area contributed by atoms with Gasteiger partial charge >= 0.3 is 0 Å². The minimum absolute atomic E-state index is 0.0279. The fourth-order valence-corrected chi connectivity index (χ4v) is 2.23. The predicted octanol–water partition coefficient (Wildman–Crippen LogP) is 2.46. The van der Waals surface area contributed by atoms with Gasteiger partial charge in [0.2, 0.25) is 0 Å². The van der Waals surface area contributed by atoms with Crippen molar-refractivity contribution in [3.63, 3.8) is 0 Å². The first kappa shape index (κ1) is 17.1. The van der Waals surface area contributed by atoms with E-state index in [0.29, 0.717) is 17.8 Å². The monoisotopic (exact) mass is 347 g/mol. The van der Waals surface area contributed by atoms with Gasteiger partial charge in [-0.05, 0) is 35.9 Å². The summed E-state index contributed by atoms with van der Waals surface area (Å²) in [6, 6.07) is 16.0. The van der Waals surface area contributed by atoms with Crippen LogP contribution in [0.25, 0.3) is 6.08 Å². The van der Waals surface area contributed by atoms with Crippen LogP contribution in [-0.4, -0.2) is 32.2 Å². The number of nitrogens with zero attached hydrogens (tertiary/aromatic N) is 4. The standard InChI is InChI=1S/C19H17N5O2/c25-18-10-4-8-16(12-18)19(26)22-20-11-5-9-17-14-24(23-21-17)13-15-6-2-1-3-7-15/h1-12,14,25H,13H2,(H,22,26)/b9-5+,20-11-. The van der Waals surface area contributed by atoms with Crippen LogP contribution in [0.4, 0.5) is 0 Å². The zero-order chi connectivity index (χ0) is 18.2. The summed E-state index contributed by atoms with van der Waals surface area (Å²) in [6.07, 6.45) is 6.65. The van der Waals surface area contributed by atoms with Gasteiger partial charge in [0.1, 0.15) is 11.4 Å². The van der Waals surface area contributed by atoms with Crippen LogP contribution in [0.15, 0.2) is 72.0 Å². The van der Waals surface area contributed by atoms with Crippen molar-refractivity contribution in [2.75, 3.05) is 0 Å². The molecule has 0 radical (unpaired) electrons. The number of hydrogen-bond acceptors (Lipinski definition) is 5. The highest BCUT2D eigenvalue weighted by Gasteiger charge is 2.03. The molecule has 0 aliphatic heterocycles. The number of amides is 1. The molecule has 26 heavy (non-hydrogen) atoms. The molecule has 2 aromatic carbocycles. The van der Waals surface area contributed by atoms with Crippen molar-refractivity contribution in [1.29, 1.82) is 0 Å². The maximum atomic E-state index is 11.8. The summed E-state index contributed by atoms with van der Waals surface area (Å²) in [7, 11) is 0.